The van der Waals surface area contributed by atoms with E-state index in [1.54, 1.807) is 11.0 Å². The van der Waals surface area contributed by atoms with Gasteiger partial charge in [-0.1, -0.05) is 19.1 Å². The van der Waals surface area contributed by atoms with Gasteiger partial charge in [-0.2, -0.15) is 13.2 Å². The average Bonchev–Trinajstić information content (AvgIpc) is 3.51. The number of benzene rings is 1. The largest absolute Gasteiger partial charge is 0.416 e. The molecule has 1 saturated heterocycles. The summed E-state index contributed by atoms with van der Waals surface area (Å²) < 4.78 is 39.4. The number of amides is 2. The number of piperidine rings is 1. The van der Waals surface area contributed by atoms with Gasteiger partial charge in [-0.05, 0) is 56.7 Å². The first-order valence-electron chi connectivity index (χ1n) is 9.98. The number of alkyl halides is 3. The van der Waals surface area contributed by atoms with Crippen LogP contribution in [0.25, 0.3) is 0 Å². The van der Waals surface area contributed by atoms with Crippen LogP contribution >= 0.6 is 0 Å². The SMILES string of the molecule is CC[C@H](C)NC(=O)[C@H]1CC[C@@H](c2cccc(C(F)(F)F)c2)N(C(=O)C2CC2)C1. The van der Waals surface area contributed by atoms with Crippen LogP contribution < -0.4 is 5.32 Å². The normalized spacial score (nSPS) is 24.0. The van der Waals surface area contributed by atoms with Crippen molar-refractivity contribution in [2.45, 2.75) is 64.2 Å². The van der Waals surface area contributed by atoms with Crippen LogP contribution in [0.5, 0.6) is 0 Å². The van der Waals surface area contributed by atoms with Crippen molar-refractivity contribution >= 4 is 11.8 Å². The summed E-state index contributed by atoms with van der Waals surface area (Å²) in [5, 5.41) is 2.96. The summed E-state index contributed by atoms with van der Waals surface area (Å²) in [6, 6.07) is 4.86. The van der Waals surface area contributed by atoms with Crippen LogP contribution in [0.1, 0.15) is 63.1 Å². The lowest BCUT2D eigenvalue weighted by molar-refractivity contribution is -0.140. The molecule has 1 aromatic rings. The Morgan fingerprint density at radius 2 is 1.86 bits per heavy atom. The lowest BCUT2D eigenvalue weighted by atomic mass is 9.87. The van der Waals surface area contributed by atoms with Crippen molar-refractivity contribution in [3.63, 3.8) is 0 Å². The Bertz CT molecular complexity index is 731. The van der Waals surface area contributed by atoms with Crippen LogP contribution in [-0.4, -0.2) is 29.3 Å². The molecule has 0 radical (unpaired) electrons. The number of likely N-dealkylation sites (tertiary alicyclic amines) is 1. The van der Waals surface area contributed by atoms with Gasteiger partial charge in [0.25, 0.3) is 0 Å². The van der Waals surface area contributed by atoms with E-state index in [9.17, 15) is 22.8 Å². The van der Waals surface area contributed by atoms with E-state index >= 15 is 0 Å². The summed E-state index contributed by atoms with van der Waals surface area (Å²) in [7, 11) is 0. The van der Waals surface area contributed by atoms with Crippen molar-refractivity contribution in [2.75, 3.05) is 6.54 Å². The van der Waals surface area contributed by atoms with E-state index in [2.05, 4.69) is 5.32 Å². The number of nitrogens with one attached hydrogen (secondary N) is 1. The smallest absolute Gasteiger partial charge is 0.353 e. The van der Waals surface area contributed by atoms with Gasteiger partial charge in [0.1, 0.15) is 0 Å². The van der Waals surface area contributed by atoms with Gasteiger partial charge in [-0.15, -0.1) is 0 Å². The zero-order chi connectivity index (χ0) is 20.5. The average molecular weight is 396 g/mol. The minimum Gasteiger partial charge on any atom is -0.353 e. The molecule has 28 heavy (non-hydrogen) atoms. The highest BCUT2D eigenvalue weighted by Gasteiger charge is 2.42. The first-order valence-corrected chi connectivity index (χ1v) is 9.98. The summed E-state index contributed by atoms with van der Waals surface area (Å²) in [5.41, 5.74) is -0.218. The molecule has 1 aromatic carbocycles. The second kappa shape index (κ2) is 8.13. The molecule has 4 nitrogen and oxygen atoms in total. The molecule has 1 N–H and O–H groups in total. The lowest BCUT2D eigenvalue weighted by Crippen LogP contribution is -2.48. The number of nitrogens with zero attached hydrogens (tertiary/aromatic N) is 1. The quantitative estimate of drug-likeness (QED) is 0.806. The minimum absolute atomic E-state index is 0.0385. The molecule has 0 bridgehead atoms. The summed E-state index contributed by atoms with van der Waals surface area (Å²) in [4.78, 5) is 27.0. The van der Waals surface area contributed by atoms with Crippen molar-refractivity contribution in [3.05, 3.63) is 35.4 Å². The fraction of sp³-hybridized carbons (Fsp3) is 0.619. The van der Waals surface area contributed by atoms with E-state index in [1.165, 1.54) is 6.07 Å². The van der Waals surface area contributed by atoms with Crippen LogP contribution in [0, 0.1) is 11.8 Å². The molecule has 3 atom stereocenters. The van der Waals surface area contributed by atoms with Crippen molar-refractivity contribution in [2.24, 2.45) is 11.8 Å². The van der Waals surface area contributed by atoms with Gasteiger partial charge in [0.2, 0.25) is 11.8 Å². The van der Waals surface area contributed by atoms with Crippen molar-refractivity contribution < 1.29 is 22.8 Å². The molecule has 2 amide bonds. The molecule has 3 rings (SSSR count). The number of carbonyl (C=O) groups excluding carboxylic acids is 2. The Hall–Kier alpha value is -2.05. The second-order valence-electron chi connectivity index (χ2n) is 8.00. The molecular weight excluding hydrogens is 369 g/mol. The Labute approximate surface area is 163 Å². The third-order valence-corrected chi connectivity index (χ3v) is 5.76. The van der Waals surface area contributed by atoms with E-state index in [0.717, 1.165) is 31.4 Å². The Morgan fingerprint density at radius 3 is 2.46 bits per heavy atom. The van der Waals surface area contributed by atoms with Gasteiger partial charge < -0.3 is 10.2 Å². The standard InChI is InChI=1S/C21H27F3N2O2/c1-3-13(2)25-19(27)16-9-10-18(26(12-16)20(28)14-7-8-14)15-5-4-6-17(11-15)21(22,23)24/h4-6,11,13-14,16,18H,3,7-10,12H2,1-2H3,(H,25,27)/t13-,16-,18-/m0/s1. The number of hydrogen-bond donors (Lipinski definition) is 1. The summed E-state index contributed by atoms with van der Waals surface area (Å²) in [6.07, 6.45) is -0.941. The summed E-state index contributed by atoms with van der Waals surface area (Å²) in [6.45, 7) is 4.18. The highest BCUT2D eigenvalue weighted by Crippen LogP contribution is 2.40. The maximum absolute atomic E-state index is 13.1. The van der Waals surface area contributed by atoms with Gasteiger partial charge >= 0.3 is 6.18 Å². The van der Waals surface area contributed by atoms with Crippen LogP contribution in [0.2, 0.25) is 0 Å². The lowest BCUT2D eigenvalue weighted by Gasteiger charge is -2.40. The number of halogens is 3. The van der Waals surface area contributed by atoms with E-state index in [-0.39, 0.29) is 36.2 Å². The van der Waals surface area contributed by atoms with Crippen LogP contribution in [-0.2, 0) is 15.8 Å². The zero-order valence-electron chi connectivity index (χ0n) is 16.3. The first-order chi connectivity index (χ1) is 13.2. The molecule has 2 fully saturated rings. The van der Waals surface area contributed by atoms with Gasteiger partial charge in [-0.25, -0.2) is 0 Å². The van der Waals surface area contributed by atoms with E-state index in [1.807, 2.05) is 13.8 Å². The molecule has 154 valence electrons. The second-order valence-corrected chi connectivity index (χ2v) is 8.00. The molecule has 1 aliphatic heterocycles. The molecule has 0 unspecified atom stereocenters. The fourth-order valence-corrected chi connectivity index (χ4v) is 3.72. The van der Waals surface area contributed by atoms with E-state index < -0.39 is 17.8 Å². The fourth-order valence-electron chi connectivity index (χ4n) is 3.72. The molecule has 1 heterocycles. The topological polar surface area (TPSA) is 49.4 Å². The molecule has 0 aromatic heterocycles. The minimum atomic E-state index is -4.42. The van der Waals surface area contributed by atoms with Crippen molar-refractivity contribution in [3.8, 4) is 0 Å². The zero-order valence-corrected chi connectivity index (χ0v) is 16.3. The predicted octanol–water partition coefficient (Wildman–Crippen LogP) is 4.31. The summed E-state index contributed by atoms with van der Waals surface area (Å²) >= 11 is 0. The van der Waals surface area contributed by atoms with Crippen molar-refractivity contribution in [1.29, 1.82) is 0 Å². The number of carbonyl (C=O) groups is 2. The summed E-state index contributed by atoms with van der Waals surface area (Å²) in [5.74, 6) is -0.489. The Morgan fingerprint density at radius 1 is 1.18 bits per heavy atom. The van der Waals surface area contributed by atoms with Crippen LogP contribution in [0.4, 0.5) is 13.2 Å². The van der Waals surface area contributed by atoms with E-state index in [4.69, 9.17) is 0 Å². The highest BCUT2D eigenvalue weighted by molar-refractivity contribution is 5.84. The molecular formula is C21H27F3N2O2. The third-order valence-electron chi connectivity index (χ3n) is 5.76. The maximum Gasteiger partial charge on any atom is 0.416 e. The van der Waals surface area contributed by atoms with Gasteiger partial charge in [0.15, 0.2) is 0 Å². The molecule has 1 saturated carbocycles. The van der Waals surface area contributed by atoms with Crippen LogP contribution in [0.15, 0.2) is 24.3 Å². The highest BCUT2D eigenvalue weighted by atomic mass is 19.4. The molecule has 1 aliphatic carbocycles. The van der Waals surface area contributed by atoms with Gasteiger partial charge in [0.05, 0.1) is 17.5 Å². The van der Waals surface area contributed by atoms with Gasteiger partial charge in [-0.3, -0.25) is 9.59 Å². The maximum atomic E-state index is 13.1. The monoisotopic (exact) mass is 396 g/mol. The Balaban J connectivity index is 1.81. The third kappa shape index (κ3) is 4.67. The van der Waals surface area contributed by atoms with Crippen LogP contribution in [0.3, 0.4) is 0 Å². The molecule has 7 heteroatoms. The first kappa shape index (κ1) is 20.7. The molecule has 0 spiro atoms. The molecule has 2 aliphatic rings. The number of rotatable bonds is 5. The Kier molecular flexibility index (Phi) is 6.01. The van der Waals surface area contributed by atoms with Gasteiger partial charge in [0, 0.05) is 18.5 Å². The predicted molar refractivity (Wildman–Crippen MR) is 99.2 cm³/mol. The van der Waals surface area contributed by atoms with E-state index in [0.29, 0.717) is 18.4 Å². The van der Waals surface area contributed by atoms with Crippen molar-refractivity contribution in [1.82, 2.24) is 10.2 Å². The number of hydrogen-bond acceptors (Lipinski definition) is 2.